The monoisotopic (exact) mass is 625 g/mol. The van der Waals surface area contributed by atoms with E-state index in [-0.39, 0.29) is 11.5 Å². The molecule has 0 fully saturated rings. The highest BCUT2D eigenvalue weighted by atomic mass is 35.5. The van der Waals surface area contributed by atoms with E-state index in [0.29, 0.717) is 48.7 Å². The van der Waals surface area contributed by atoms with Crippen molar-refractivity contribution in [1.29, 1.82) is 0 Å². The van der Waals surface area contributed by atoms with Crippen LogP contribution >= 0.6 is 34.5 Å². The molecular formula is C34H25Cl2N3O3S. The molecule has 214 valence electrons. The zero-order valence-corrected chi connectivity index (χ0v) is 25.3. The third kappa shape index (κ3) is 6.20. The normalized spacial score (nSPS) is 14.7. The van der Waals surface area contributed by atoms with E-state index in [1.54, 1.807) is 29.7 Å². The fraction of sp³-hybridized carbons (Fsp3) is 0.0882. The van der Waals surface area contributed by atoms with Gasteiger partial charge in [-0.3, -0.25) is 14.2 Å². The zero-order valence-electron chi connectivity index (χ0n) is 23.0. The number of carbonyl (C=O) groups is 1. The van der Waals surface area contributed by atoms with Gasteiger partial charge in [0.15, 0.2) is 4.80 Å². The smallest absolute Gasteiger partial charge is 0.271 e. The summed E-state index contributed by atoms with van der Waals surface area (Å²) in [5.74, 6) is 0.295. The van der Waals surface area contributed by atoms with Gasteiger partial charge in [0.25, 0.3) is 11.5 Å². The standard InChI is InChI=1S/C34H25Cl2N3O3S/c1-21-30(32(40)38-27-11-3-2-4-12-27)31(23-14-16-25(35)17-15-23)39-33(41)29(43-34(39)37-21)19-24-9-5-6-13-28(24)42-20-22-8-7-10-26(36)18-22/h2-19,31H,20H2,1H3,(H,38,40)/b29-19-/t31-/m1/s1. The van der Waals surface area contributed by atoms with Crippen molar-refractivity contribution >= 4 is 52.2 Å². The average Bonchev–Trinajstić information content (AvgIpc) is 3.30. The van der Waals surface area contributed by atoms with Crippen molar-refractivity contribution in [3.8, 4) is 5.75 Å². The second-order valence-corrected chi connectivity index (χ2v) is 11.8. The molecular weight excluding hydrogens is 601 g/mol. The number of hydrogen-bond donors (Lipinski definition) is 1. The Hall–Kier alpha value is -4.43. The number of carbonyl (C=O) groups excluding carboxylic acids is 1. The molecule has 6 rings (SSSR count). The summed E-state index contributed by atoms with van der Waals surface area (Å²) in [6.07, 6.45) is 1.80. The lowest BCUT2D eigenvalue weighted by Gasteiger charge is -2.25. The minimum Gasteiger partial charge on any atom is -0.488 e. The van der Waals surface area contributed by atoms with E-state index < -0.39 is 6.04 Å². The van der Waals surface area contributed by atoms with Crippen LogP contribution in [-0.2, 0) is 11.4 Å². The molecule has 5 aromatic rings. The van der Waals surface area contributed by atoms with Crippen LogP contribution in [0.3, 0.4) is 0 Å². The summed E-state index contributed by atoms with van der Waals surface area (Å²) in [5.41, 5.74) is 3.73. The number of rotatable bonds is 7. The lowest BCUT2D eigenvalue weighted by molar-refractivity contribution is -0.113. The molecule has 0 saturated heterocycles. The lowest BCUT2D eigenvalue weighted by Crippen LogP contribution is -2.40. The number of benzene rings is 4. The van der Waals surface area contributed by atoms with Crippen LogP contribution in [0.1, 0.15) is 29.7 Å². The summed E-state index contributed by atoms with van der Waals surface area (Å²) in [6, 6.07) is 30.7. The Labute approximate surface area is 261 Å². The van der Waals surface area contributed by atoms with Crippen molar-refractivity contribution in [1.82, 2.24) is 4.57 Å². The van der Waals surface area contributed by atoms with Crippen molar-refractivity contribution < 1.29 is 9.53 Å². The Morgan fingerprint density at radius 2 is 1.70 bits per heavy atom. The molecule has 0 spiro atoms. The van der Waals surface area contributed by atoms with Crippen LogP contribution < -0.4 is 24.9 Å². The SMILES string of the molecule is CC1=C(C(=O)Nc2ccccc2)[C@@H](c2ccc(Cl)cc2)n2c(s/c(=C\c3ccccc3OCc3cccc(Cl)c3)c2=O)=N1. The van der Waals surface area contributed by atoms with E-state index in [1.807, 2.05) is 91.0 Å². The van der Waals surface area contributed by atoms with Crippen LogP contribution in [0.25, 0.3) is 6.08 Å². The number of nitrogens with one attached hydrogen (secondary N) is 1. The maximum Gasteiger partial charge on any atom is 0.271 e. The quantitative estimate of drug-likeness (QED) is 0.217. The molecule has 0 aliphatic carbocycles. The van der Waals surface area contributed by atoms with Gasteiger partial charge in [0.1, 0.15) is 12.4 Å². The number of halogens is 2. The molecule has 9 heteroatoms. The topological polar surface area (TPSA) is 72.7 Å². The summed E-state index contributed by atoms with van der Waals surface area (Å²) in [6.45, 7) is 2.11. The first-order chi connectivity index (χ1) is 20.9. The minimum atomic E-state index is -0.700. The number of anilines is 1. The zero-order chi connectivity index (χ0) is 29.9. The molecule has 1 N–H and O–H groups in total. The minimum absolute atomic E-state index is 0.258. The van der Waals surface area contributed by atoms with Gasteiger partial charge in [-0.25, -0.2) is 4.99 Å². The highest BCUT2D eigenvalue weighted by molar-refractivity contribution is 7.07. The van der Waals surface area contributed by atoms with Crippen LogP contribution in [0, 0.1) is 0 Å². The predicted octanol–water partition coefficient (Wildman–Crippen LogP) is 6.76. The number of para-hydroxylation sites is 2. The predicted molar refractivity (Wildman–Crippen MR) is 173 cm³/mol. The third-order valence-corrected chi connectivity index (χ3v) is 8.44. The number of aromatic nitrogens is 1. The number of allylic oxidation sites excluding steroid dienone is 1. The molecule has 6 nitrogen and oxygen atoms in total. The third-order valence-electron chi connectivity index (χ3n) is 6.97. The molecule has 1 amide bonds. The molecule has 1 aliphatic heterocycles. The Bertz CT molecular complexity index is 2030. The molecule has 2 heterocycles. The van der Waals surface area contributed by atoms with Crippen molar-refractivity contribution in [2.75, 3.05) is 5.32 Å². The molecule has 1 aliphatic rings. The Kier molecular flexibility index (Phi) is 8.29. The number of amides is 1. The molecule has 1 aromatic heterocycles. The summed E-state index contributed by atoms with van der Waals surface area (Å²) in [7, 11) is 0. The molecule has 0 unspecified atom stereocenters. The number of nitrogens with zero attached hydrogens (tertiary/aromatic N) is 2. The maximum absolute atomic E-state index is 14.1. The van der Waals surface area contributed by atoms with E-state index in [9.17, 15) is 9.59 Å². The van der Waals surface area contributed by atoms with Gasteiger partial charge in [-0.2, -0.15) is 0 Å². The van der Waals surface area contributed by atoms with Crippen molar-refractivity contribution in [2.24, 2.45) is 4.99 Å². The van der Waals surface area contributed by atoms with E-state index in [0.717, 1.165) is 16.7 Å². The number of thiazole rings is 1. The van der Waals surface area contributed by atoms with Gasteiger partial charge < -0.3 is 10.1 Å². The van der Waals surface area contributed by atoms with Gasteiger partial charge in [-0.1, -0.05) is 95.2 Å². The van der Waals surface area contributed by atoms with Crippen molar-refractivity contribution in [2.45, 2.75) is 19.6 Å². The van der Waals surface area contributed by atoms with Gasteiger partial charge in [0.05, 0.1) is 21.8 Å². The first-order valence-corrected chi connectivity index (χ1v) is 15.1. The van der Waals surface area contributed by atoms with Gasteiger partial charge >= 0.3 is 0 Å². The van der Waals surface area contributed by atoms with Gasteiger partial charge in [0.2, 0.25) is 0 Å². The lowest BCUT2D eigenvalue weighted by atomic mass is 9.95. The van der Waals surface area contributed by atoms with Gasteiger partial charge in [0, 0.05) is 21.3 Å². The van der Waals surface area contributed by atoms with Gasteiger partial charge in [-0.15, -0.1) is 0 Å². The van der Waals surface area contributed by atoms with E-state index >= 15 is 0 Å². The highest BCUT2D eigenvalue weighted by Gasteiger charge is 2.32. The molecule has 0 bridgehead atoms. The van der Waals surface area contributed by atoms with E-state index in [2.05, 4.69) is 5.32 Å². The summed E-state index contributed by atoms with van der Waals surface area (Å²) < 4.78 is 8.18. The van der Waals surface area contributed by atoms with Crippen LogP contribution in [-0.4, -0.2) is 10.5 Å². The number of fused-ring (bicyclic) bond motifs is 1. The summed E-state index contributed by atoms with van der Waals surface area (Å²) >= 11 is 13.6. The Morgan fingerprint density at radius 3 is 2.47 bits per heavy atom. The highest BCUT2D eigenvalue weighted by Crippen LogP contribution is 2.31. The largest absolute Gasteiger partial charge is 0.488 e. The van der Waals surface area contributed by atoms with Crippen LogP contribution in [0.15, 0.2) is 124 Å². The summed E-state index contributed by atoms with van der Waals surface area (Å²) in [4.78, 5) is 33.0. The molecule has 43 heavy (non-hydrogen) atoms. The maximum atomic E-state index is 14.1. The molecule has 0 saturated carbocycles. The first kappa shape index (κ1) is 28.7. The second kappa shape index (κ2) is 12.4. The van der Waals surface area contributed by atoms with Crippen LogP contribution in [0.4, 0.5) is 5.69 Å². The van der Waals surface area contributed by atoms with E-state index in [4.69, 9.17) is 32.9 Å². The fourth-order valence-electron chi connectivity index (χ4n) is 4.95. The van der Waals surface area contributed by atoms with Gasteiger partial charge in [-0.05, 0) is 66.6 Å². The average molecular weight is 627 g/mol. The second-order valence-electron chi connectivity index (χ2n) is 9.91. The van der Waals surface area contributed by atoms with E-state index in [1.165, 1.54) is 11.3 Å². The number of hydrogen-bond acceptors (Lipinski definition) is 5. The number of ether oxygens (including phenoxy) is 1. The first-order valence-electron chi connectivity index (χ1n) is 13.5. The molecule has 0 radical (unpaired) electrons. The Morgan fingerprint density at radius 1 is 0.953 bits per heavy atom. The Balaban J connectivity index is 1.42. The van der Waals surface area contributed by atoms with Crippen molar-refractivity contribution in [3.63, 3.8) is 0 Å². The summed E-state index contributed by atoms with van der Waals surface area (Å²) in [5, 5.41) is 4.15. The molecule has 4 aromatic carbocycles. The fourth-order valence-corrected chi connectivity index (χ4v) is 6.33. The molecule has 1 atom stereocenters. The van der Waals surface area contributed by atoms with Crippen LogP contribution in [0.2, 0.25) is 10.0 Å². The van der Waals surface area contributed by atoms with Crippen LogP contribution in [0.5, 0.6) is 5.75 Å². The van der Waals surface area contributed by atoms with Crippen molar-refractivity contribution in [3.05, 3.63) is 161 Å².